The number of hydrogen-bond acceptors (Lipinski definition) is 4. The van der Waals surface area contributed by atoms with Crippen molar-refractivity contribution in [2.75, 3.05) is 7.11 Å². The van der Waals surface area contributed by atoms with Gasteiger partial charge >= 0.3 is 0 Å². The summed E-state index contributed by atoms with van der Waals surface area (Å²) in [6.07, 6.45) is 8.22. The van der Waals surface area contributed by atoms with Crippen molar-refractivity contribution in [2.45, 2.75) is 38.0 Å². The molecule has 0 aliphatic heterocycles. The zero-order chi connectivity index (χ0) is 19.1. The molecule has 1 aliphatic rings. The van der Waals surface area contributed by atoms with E-state index >= 15 is 0 Å². The quantitative estimate of drug-likeness (QED) is 0.453. The lowest BCUT2D eigenvalue weighted by Crippen LogP contribution is -2.18. The summed E-state index contributed by atoms with van der Waals surface area (Å²) in [7, 11) is 1.64. The van der Waals surface area contributed by atoms with E-state index in [1.165, 1.54) is 37.1 Å². The van der Waals surface area contributed by atoms with E-state index in [0.29, 0.717) is 17.1 Å². The number of ether oxygens (including phenoxy) is 1. The van der Waals surface area contributed by atoms with Crippen molar-refractivity contribution in [2.24, 2.45) is 0 Å². The molecule has 0 spiro atoms. The SMILES string of the molecule is COc1cc2nc(C3CCCCC3)sc2cc1-n1ccc2ccccc2c1=O. The van der Waals surface area contributed by atoms with Gasteiger partial charge in [0.1, 0.15) is 5.75 Å². The van der Waals surface area contributed by atoms with E-state index in [1.54, 1.807) is 23.0 Å². The molecule has 0 N–H and O–H groups in total. The van der Waals surface area contributed by atoms with Crippen LogP contribution in [0.1, 0.15) is 43.0 Å². The van der Waals surface area contributed by atoms with E-state index < -0.39 is 0 Å². The van der Waals surface area contributed by atoms with E-state index in [2.05, 4.69) is 0 Å². The molecule has 0 amide bonds. The molecule has 4 aromatic rings. The van der Waals surface area contributed by atoms with Crippen LogP contribution in [0.25, 0.3) is 26.7 Å². The highest BCUT2D eigenvalue weighted by atomic mass is 32.1. The van der Waals surface area contributed by atoms with Gasteiger partial charge in [-0.3, -0.25) is 9.36 Å². The van der Waals surface area contributed by atoms with Crippen molar-refractivity contribution in [1.82, 2.24) is 9.55 Å². The smallest absolute Gasteiger partial charge is 0.263 e. The first-order valence-corrected chi connectivity index (χ1v) is 10.7. The van der Waals surface area contributed by atoms with Crippen molar-refractivity contribution < 1.29 is 4.74 Å². The van der Waals surface area contributed by atoms with Gasteiger partial charge in [-0.05, 0) is 36.4 Å². The second-order valence-electron chi connectivity index (χ2n) is 7.46. The minimum atomic E-state index is -0.0345. The predicted molar refractivity (Wildman–Crippen MR) is 115 cm³/mol. The number of benzene rings is 2. The van der Waals surface area contributed by atoms with Crippen molar-refractivity contribution in [1.29, 1.82) is 0 Å². The topological polar surface area (TPSA) is 44.1 Å². The van der Waals surface area contributed by atoms with Crippen LogP contribution < -0.4 is 10.3 Å². The Kier molecular flexibility index (Phi) is 4.40. The van der Waals surface area contributed by atoms with Crippen molar-refractivity contribution >= 4 is 32.3 Å². The third kappa shape index (κ3) is 2.90. The van der Waals surface area contributed by atoms with Gasteiger partial charge in [-0.15, -0.1) is 11.3 Å². The van der Waals surface area contributed by atoms with E-state index in [1.807, 2.05) is 48.7 Å². The minimum absolute atomic E-state index is 0.0345. The summed E-state index contributed by atoms with van der Waals surface area (Å²) in [5.74, 6) is 1.24. The zero-order valence-electron chi connectivity index (χ0n) is 15.9. The Balaban J connectivity index is 1.66. The molecule has 1 saturated carbocycles. The molecule has 0 atom stereocenters. The molecule has 1 aliphatic carbocycles. The molecular formula is C23H22N2O2S. The fourth-order valence-electron chi connectivity index (χ4n) is 4.22. The summed E-state index contributed by atoms with van der Waals surface area (Å²) < 4.78 is 8.42. The summed E-state index contributed by atoms with van der Waals surface area (Å²) in [5, 5.41) is 2.88. The van der Waals surface area contributed by atoms with Gasteiger partial charge in [0, 0.05) is 23.6 Å². The second kappa shape index (κ2) is 7.06. The molecule has 0 unspecified atom stereocenters. The standard InChI is InChI=1S/C23H22N2O2S/c1-27-20-13-18-21(28-22(24-18)16-8-3-2-4-9-16)14-19(20)25-12-11-15-7-5-6-10-17(15)23(25)26/h5-7,10-14,16H,2-4,8-9H2,1H3. The number of fused-ring (bicyclic) bond motifs is 2. The van der Waals surface area contributed by atoms with Gasteiger partial charge in [-0.1, -0.05) is 37.5 Å². The Morgan fingerprint density at radius 2 is 1.93 bits per heavy atom. The van der Waals surface area contributed by atoms with E-state index in [4.69, 9.17) is 9.72 Å². The van der Waals surface area contributed by atoms with Crippen LogP contribution in [-0.2, 0) is 0 Å². The highest BCUT2D eigenvalue weighted by molar-refractivity contribution is 7.18. The second-order valence-corrected chi connectivity index (χ2v) is 8.52. The number of pyridine rings is 1. The first-order chi connectivity index (χ1) is 13.7. The Morgan fingerprint density at radius 1 is 1.11 bits per heavy atom. The Morgan fingerprint density at radius 3 is 2.75 bits per heavy atom. The average molecular weight is 391 g/mol. The van der Waals surface area contributed by atoms with E-state index in [0.717, 1.165) is 21.3 Å². The lowest BCUT2D eigenvalue weighted by molar-refractivity contribution is 0.413. The minimum Gasteiger partial charge on any atom is -0.494 e. The third-order valence-electron chi connectivity index (χ3n) is 5.73. The largest absolute Gasteiger partial charge is 0.494 e. The maximum atomic E-state index is 13.1. The monoisotopic (exact) mass is 390 g/mol. The van der Waals surface area contributed by atoms with Crippen LogP contribution in [0.15, 0.2) is 53.5 Å². The predicted octanol–water partition coefficient (Wildman–Crippen LogP) is 5.66. The molecule has 28 heavy (non-hydrogen) atoms. The summed E-state index contributed by atoms with van der Waals surface area (Å²) in [6, 6.07) is 13.7. The molecule has 2 aromatic heterocycles. The Labute approximate surface area is 167 Å². The fraction of sp³-hybridized carbons (Fsp3) is 0.304. The fourth-order valence-corrected chi connectivity index (χ4v) is 5.37. The van der Waals surface area contributed by atoms with Gasteiger partial charge in [0.05, 0.1) is 28.0 Å². The van der Waals surface area contributed by atoms with Gasteiger partial charge in [0.15, 0.2) is 0 Å². The van der Waals surface area contributed by atoms with Crippen LogP contribution in [0.5, 0.6) is 5.75 Å². The van der Waals surface area contributed by atoms with Crippen molar-refractivity contribution in [3.63, 3.8) is 0 Å². The van der Waals surface area contributed by atoms with Gasteiger partial charge in [-0.25, -0.2) is 4.98 Å². The Hall–Kier alpha value is -2.66. The zero-order valence-corrected chi connectivity index (χ0v) is 16.7. The van der Waals surface area contributed by atoms with Crippen molar-refractivity contribution in [3.05, 3.63) is 64.0 Å². The maximum absolute atomic E-state index is 13.1. The van der Waals surface area contributed by atoms with E-state index in [-0.39, 0.29) is 5.56 Å². The van der Waals surface area contributed by atoms with Gasteiger partial charge in [0.25, 0.3) is 5.56 Å². The third-order valence-corrected chi connectivity index (χ3v) is 6.91. The van der Waals surface area contributed by atoms with Crippen molar-refractivity contribution in [3.8, 4) is 11.4 Å². The van der Waals surface area contributed by atoms with Crippen LogP contribution in [0.2, 0.25) is 0 Å². The van der Waals surface area contributed by atoms with Crippen LogP contribution in [-0.4, -0.2) is 16.7 Å². The number of rotatable bonds is 3. The van der Waals surface area contributed by atoms with Crippen LogP contribution in [0, 0.1) is 0 Å². The average Bonchev–Trinajstić information content (AvgIpc) is 3.17. The van der Waals surface area contributed by atoms with Gasteiger partial charge in [0.2, 0.25) is 0 Å². The van der Waals surface area contributed by atoms with Crippen LogP contribution in [0.4, 0.5) is 0 Å². The molecule has 0 bridgehead atoms. The number of thiazole rings is 1. The lowest BCUT2D eigenvalue weighted by Gasteiger charge is -2.18. The number of nitrogens with zero attached hydrogens (tertiary/aromatic N) is 2. The summed E-state index contributed by atoms with van der Waals surface area (Å²) in [5.41, 5.74) is 1.69. The lowest BCUT2D eigenvalue weighted by atomic mass is 9.90. The number of aromatic nitrogens is 2. The highest BCUT2D eigenvalue weighted by Gasteiger charge is 2.20. The molecule has 5 rings (SSSR count). The molecular weight excluding hydrogens is 368 g/mol. The number of methoxy groups -OCH3 is 1. The summed E-state index contributed by atoms with van der Waals surface area (Å²) >= 11 is 1.76. The van der Waals surface area contributed by atoms with Gasteiger partial charge in [-0.2, -0.15) is 0 Å². The first kappa shape index (κ1) is 17.4. The summed E-state index contributed by atoms with van der Waals surface area (Å²) in [4.78, 5) is 18.0. The maximum Gasteiger partial charge on any atom is 0.263 e. The molecule has 5 heteroatoms. The first-order valence-electron chi connectivity index (χ1n) is 9.84. The molecule has 0 saturated heterocycles. The molecule has 142 valence electrons. The molecule has 4 nitrogen and oxygen atoms in total. The van der Waals surface area contributed by atoms with Crippen LogP contribution >= 0.6 is 11.3 Å². The molecule has 0 radical (unpaired) electrons. The van der Waals surface area contributed by atoms with Gasteiger partial charge < -0.3 is 4.74 Å². The molecule has 2 heterocycles. The van der Waals surface area contributed by atoms with E-state index in [9.17, 15) is 4.79 Å². The molecule has 2 aromatic carbocycles. The normalized spacial score (nSPS) is 15.3. The summed E-state index contributed by atoms with van der Waals surface area (Å²) in [6.45, 7) is 0. The van der Waals surface area contributed by atoms with Crippen LogP contribution in [0.3, 0.4) is 0 Å². The number of hydrogen-bond donors (Lipinski definition) is 0. The highest BCUT2D eigenvalue weighted by Crippen LogP contribution is 2.39. The molecule has 1 fully saturated rings. The Bertz CT molecular complexity index is 1220.